The third kappa shape index (κ3) is 1.73. The number of hydrogen-bond acceptors (Lipinski definition) is 2. The van der Waals surface area contributed by atoms with E-state index in [1.165, 1.54) is 17.2 Å². The first kappa shape index (κ1) is 9.78. The van der Waals surface area contributed by atoms with E-state index in [4.69, 9.17) is 5.21 Å². The fourth-order valence-corrected chi connectivity index (χ4v) is 1.87. The van der Waals surface area contributed by atoms with Gasteiger partial charge in [-0.1, -0.05) is 47.9 Å². The van der Waals surface area contributed by atoms with Crippen molar-refractivity contribution in [3.05, 3.63) is 47.5 Å². The monoisotopic (exact) mass is 197 g/mol. The molecule has 2 nitrogen and oxygen atoms in total. The van der Waals surface area contributed by atoms with Gasteiger partial charge in [0, 0.05) is 5.56 Å². The van der Waals surface area contributed by atoms with E-state index in [0.717, 1.165) is 17.3 Å². The van der Waals surface area contributed by atoms with Gasteiger partial charge in [0.25, 0.3) is 0 Å². The first-order valence-electron chi connectivity index (χ1n) is 5.05. The third-order valence-corrected chi connectivity index (χ3v) is 2.63. The maximum atomic E-state index is 8.58. The van der Waals surface area contributed by atoms with E-state index in [-0.39, 0.29) is 0 Å². The van der Waals surface area contributed by atoms with Gasteiger partial charge < -0.3 is 5.21 Å². The van der Waals surface area contributed by atoms with Crippen molar-refractivity contribution in [2.24, 2.45) is 5.16 Å². The predicted octanol–water partition coefficient (Wildman–Crippen LogP) is 1.78. The number of benzene rings is 2. The zero-order chi connectivity index (χ0) is 10.7. The highest BCUT2D eigenvalue weighted by Gasteiger charge is 2.02. The lowest BCUT2D eigenvalue weighted by molar-refractivity contribution is 0.322. The van der Waals surface area contributed by atoms with Crippen LogP contribution in [0.2, 0.25) is 0 Å². The Morgan fingerprint density at radius 2 is 1.87 bits per heavy atom. The SMILES string of the molecule is BCc1ccc(/C=N/O)c2ccccc12. The van der Waals surface area contributed by atoms with Crippen LogP contribution < -0.4 is 0 Å². The van der Waals surface area contributed by atoms with Gasteiger partial charge in [-0.05, 0) is 16.3 Å². The molecule has 2 aromatic rings. The lowest BCUT2D eigenvalue weighted by Crippen LogP contribution is -1.91. The van der Waals surface area contributed by atoms with Crippen molar-refractivity contribution in [1.29, 1.82) is 0 Å². The fraction of sp³-hybridized carbons (Fsp3) is 0.0833. The molecule has 0 unspecified atom stereocenters. The Morgan fingerprint density at radius 1 is 1.13 bits per heavy atom. The van der Waals surface area contributed by atoms with E-state index >= 15 is 0 Å². The molecular weight excluding hydrogens is 185 g/mol. The van der Waals surface area contributed by atoms with Crippen molar-refractivity contribution >= 4 is 24.8 Å². The zero-order valence-electron chi connectivity index (χ0n) is 8.64. The first-order valence-corrected chi connectivity index (χ1v) is 5.05. The minimum Gasteiger partial charge on any atom is -0.411 e. The van der Waals surface area contributed by atoms with E-state index < -0.39 is 0 Å². The molecule has 15 heavy (non-hydrogen) atoms. The van der Waals surface area contributed by atoms with Gasteiger partial charge in [-0.3, -0.25) is 0 Å². The molecule has 0 heterocycles. The van der Waals surface area contributed by atoms with Crippen molar-refractivity contribution in [2.45, 2.75) is 6.32 Å². The molecule has 0 atom stereocenters. The van der Waals surface area contributed by atoms with Gasteiger partial charge in [0.15, 0.2) is 0 Å². The summed E-state index contributed by atoms with van der Waals surface area (Å²) in [5.74, 6) is 0. The topological polar surface area (TPSA) is 32.6 Å². The number of nitrogens with zero attached hydrogens (tertiary/aromatic N) is 1. The van der Waals surface area contributed by atoms with E-state index in [1.54, 1.807) is 0 Å². The largest absolute Gasteiger partial charge is 0.411 e. The van der Waals surface area contributed by atoms with Crippen molar-refractivity contribution in [3.8, 4) is 0 Å². The molecule has 2 rings (SSSR count). The summed E-state index contributed by atoms with van der Waals surface area (Å²) in [6.45, 7) is 0. The van der Waals surface area contributed by atoms with Crippen LogP contribution in [0.5, 0.6) is 0 Å². The molecule has 3 heteroatoms. The minimum absolute atomic E-state index is 0.949. The average molecular weight is 197 g/mol. The minimum atomic E-state index is 0.949. The quantitative estimate of drug-likeness (QED) is 0.338. The molecule has 0 saturated heterocycles. The second-order valence-electron chi connectivity index (χ2n) is 3.46. The highest BCUT2D eigenvalue weighted by molar-refractivity contribution is 6.11. The van der Waals surface area contributed by atoms with Gasteiger partial charge in [-0.2, -0.15) is 0 Å². The molecule has 74 valence electrons. The summed E-state index contributed by atoms with van der Waals surface area (Å²) in [5.41, 5.74) is 2.27. The van der Waals surface area contributed by atoms with Gasteiger partial charge in [0.1, 0.15) is 7.85 Å². The summed E-state index contributed by atoms with van der Waals surface area (Å²) >= 11 is 0. The summed E-state index contributed by atoms with van der Waals surface area (Å²) in [5, 5.41) is 14.0. The number of rotatable bonds is 2. The number of fused-ring (bicyclic) bond motifs is 1. The van der Waals surface area contributed by atoms with Crippen molar-refractivity contribution in [3.63, 3.8) is 0 Å². The summed E-state index contributed by atoms with van der Waals surface area (Å²) in [6, 6.07) is 12.2. The summed E-state index contributed by atoms with van der Waals surface area (Å²) in [7, 11) is 2.14. The molecule has 0 radical (unpaired) electrons. The molecule has 0 aliphatic carbocycles. The van der Waals surface area contributed by atoms with Crippen LogP contribution in [0.3, 0.4) is 0 Å². The van der Waals surface area contributed by atoms with E-state index in [2.05, 4.69) is 25.1 Å². The average Bonchev–Trinajstić information content (AvgIpc) is 2.30. The molecule has 0 aliphatic heterocycles. The van der Waals surface area contributed by atoms with Gasteiger partial charge in [0.2, 0.25) is 0 Å². The van der Waals surface area contributed by atoms with E-state index in [9.17, 15) is 0 Å². The zero-order valence-corrected chi connectivity index (χ0v) is 8.64. The molecule has 0 aromatic heterocycles. The molecule has 0 amide bonds. The molecule has 0 bridgehead atoms. The first-order chi connectivity index (χ1) is 7.36. The second kappa shape index (κ2) is 4.17. The Hall–Kier alpha value is -1.77. The standard InChI is InChI=1S/C12H12BNO/c13-7-9-5-6-10(8-14-15)12-4-2-1-3-11(9)12/h1-6,8,15H,7,13H2/b14-8+. The van der Waals surface area contributed by atoms with Crippen molar-refractivity contribution in [2.75, 3.05) is 0 Å². The summed E-state index contributed by atoms with van der Waals surface area (Å²) in [6.07, 6.45) is 2.48. The van der Waals surface area contributed by atoms with Crippen LogP contribution >= 0.6 is 0 Å². The van der Waals surface area contributed by atoms with Crippen LogP contribution in [0.15, 0.2) is 41.6 Å². The Kier molecular flexibility index (Phi) is 2.72. The van der Waals surface area contributed by atoms with Gasteiger partial charge in [0.05, 0.1) is 6.21 Å². The van der Waals surface area contributed by atoms with E-state index in [1.807, 2.05) is 24.3 Å². The Balaban J connectivity index is 2.77. The molecule has 2 aromatic carbocycles. The maximum absolute atomic E-state index is 8.58. The van der Waals surface area contributed by atoms with Crippen LogP contribution in [0.1, 0.15) is 11.1 Å². The second-order valence-corrected chi connectivity index (χ2v) is 3.46. The Bertz CT molecular complexity index is 508. The van der Waals surface area contributed by atoms with Crippen molar-refractivity contribution < 1.29 is 5.21 Å². The molecule has 0 fully saturated rings. The summed E-state index contributed by atoms with van der Waals surface area (Å²) in [4.78, 5) is 0. The molecule has 0 spiro atoms. The fourth-order valence-electron chi connectivity index (χ4n) is 1.87. The molecule has 0 aliphatic rings. The van der Waals surface area contributed by atoms with Crippen molar-refractivity contribution in [1.82, 2.24) is 0 Å². The smallest absolute Gasteiger partial charge is 0.107 e. The molecular formula is C12H12BNO. The van der Waals surface area contributed by atoms with Crippen LogP contribution in [-0.2, 0) is 6.32 Å². The maximum Gasteiger partial charge on any atom is 0.107 e. The lowest BCUT2D eigenvalue weighted by Gasteiger charge is -2.06. The van der Waals surface area contributed by atoms with Crippen LogP contribution in [-0.4, -0.2) is 19.3 Å². The third-order valence-electron chi connectivity index (χ3n) is 2.63. The lowest BCUT2D eigenvalue weighted by atomic mass is 9.91. The normalized spacial score (nSPS) is 11.2. The van der Waals surface area contributed by atoms with Gasteiger partial charge in [-0.15, -0.1) is 0 Å². The number of oxime groups is 1. The highest BCUT2D eigenvalue weighted by atomic mass is 16.4. The Morgan fingerprint density at radius 3 is 2.53 bits per heavy atom. The molecule has 0 saturated carbocycles. The van der Waals surface area contributed by atoms with E-state index in [0.29, 0.717) is 0 Å². The van der Waals surface area contributed by atoms with Crippen LogP contribution in [0.4, 0.5) is 0 Å². The predicted molar refractivity (Wildman–Crippen MR) is 65.6 cm³/mol. The molecule has 1 N–H and O–H groups in total. The Labute approximate surface area is 89.6 Å². The van der Waals surface area contributed by atoms with Gasteiger partial charge >= 0.3 is 0 Å². The van der Waals surface area contributed by atoms with Gasteiger partial charge in [-0.25, -0.2) is 0 Å². The highest BCUT2D eigenvalue weighted by Crippen LogP contribution is 2.21. The van der Waals surface area contributed by atoms with Crippen LogP contribution in [0, 0.1) is 0 Å². The van der Waals surface area contributed by atoms with Crippen LogP contribution in [0.25, 0.3) is 10.8 Å². The summed E-state index contributed by atoms with van der Waals surface area (Å²) < 4.78 is 0. The number of hydrogen-bond donors (Lipinski definition) is 1.